The van der Waals surface area contributed by atoms with Gasteiger partial charge in [0.15, 0.2) is 0 Å². The monoisotopic (exact) mass is 396 g/mol. The predicted octanol–water partition coefficient (Wildman–Crippen LogP) is 3.62. The van der Waals surface area contributed by atoms with Crippen molar-refractivity contribution < 1.29 is 13.6 Å². The Morgan fingerprint density at radius 1 is 1.10 bits per heavy atom. The number of hydrogen-bond donors (Lipinski definition) is 1. The minimum atomic E-state index is -0.272. The van der Waals surface area contributed by atoms with Crippen molar-refractivity contribution in [1.29, 1.82) is 0 Å². The van der Waals surface area contributed by atoms with E-state index < -0.39 is 0 Å². The summed E-state index contributed by atoms with van der Waals surface area (Å²) in [5, 5.41) is 11.1. The zero-order valence-corrected chi connectivity index (χ0v) is 16.6. The minimum Gasteiger partial charge on any atom is -0.421 e. The van der Waals surface area contributed by atoms with Crippen molar-refractivity contribution in [2.75, 3.05) is 20.6 Å². The number of carbonyl (C=O) groups excluding carboxylic acids is 1. The number of amides is 1. The zero-order chi connectivity index (χ0) is 20.6. The minimum absolute atomic E-state index is 0.0241. The first-order valence-corrected chi connectivity index (χ1v) is 9.59. The summed E-state index contributed by atoms with van der Waals surface area (Å²) in [5.41, 5.74) is 1.83. The lowest BCUT2D eigenvalue weighted by Crippen LogP contribution is -2.34. The van der Waals surface area contributed by atoms with Gasteiger partial charge in [-0.2, -0.15) is 0 Å². The zero-order valence-electron chi connectivity index (χ0n) is 16.6. The standard InChI is InChI=1S/C22H25FN4O2/c1-27(2)19(16-11-13-18(23)14-12-16)15-24-20(28)9-6-10-21-25-26-22(29-21)17-7-4-3-5-8-17/h3-5,7-8,11-14,19H,6,9-10,15H2,1-2H3,(H,24,28). The normalized spacial score (nSPS) is 12.1. The third-order valence-corrected chi connectivity index (χ3v) is 4.65. The highest BCUT2D eigenvalue weighted by atomic mass is 19.1. The molecule has 0 radical (unpaired) electrons. The first-order valence-electron chi connectivity index (χ1n) is 9.59. The molecule has 0 spiro atoms. The molecule has 0 bridgehead atoms. The van der Waals surface area contributed by atoms with Gasteiger partial charge in [0.1, 0.15) is 5.82 Å². The Kier molecular flexibility index (Phi) is 7.08. The second-order valence-corrected chi connectivity index (χ2v) is 7.06. The van der Waals surface area contributed by atoms with Crippen LogP contribution in [-0.2, 0) is 11.2 Å². The van der Waals surface area contributed by atoms with Crippen LogP contribution < -0.4 is 5.32 Å². The number of rotatable bonds is 9. The van der Waals surface area contributed by atoms with E-state index in [0.29, 0.717) is 37.6 Å². The third kappa shape index (κ3) is 5.96. The maximum Gasteiger partial charge on any atom is 0.247 e. The maximum absolute atomic E-state index is 13.1. The summed E-state index contributed by atoms with van der Waals surface area (Å²) in [5.74, 6) is 0.695. The molecule has 1 atom stereocenters. The van der Waals surface area contributed by atoms with Crippen LogP contribution in [0.1, 0.15) is 30.3 Å². The Labute approximate surface area is 169 Å². The van der Waals surface area contributed by atoms with E-state index in [1.54, 1.807) is 12.1 Å². The number of aryl methyl sites for hydroxylation is 1. The van der Waals surface area contributed by atoms with Crippen molar-refractivity contribution in [1.82, 2.24) is 20.4 Å². The van der Waals surface area contributed by atoms with Gasteiger partial charge in [0, 0.05) is 24.9 Å². The molecule has 1 aromatic heterocycles. The molecule has 1 unspecified atom stereocenters. The number of nitrogens with zero attached hydrogens (tertiary/aromatic N) is 3. The van der Waals surface area contributed by atoms with Gasteiger partial charge in [-0.15, -0.1) is 10.2 Å². The molecule has 0 aliphatic rings. The molecular formula is C22H25FN4O2. The molecule has 1 amide bonds. The molecule has 7 heteroatoms. The topological polar surface area (TPSA) is 71.3 Å². The molecule has 0 fully saturated rings. The molecule has 1 heterocycles. The van der Waals surface area contributed by atoms with Crippen molar-refractivity contribution in [3.8, 4) is 11.5 Å². The SMILES string of the molecule is CN(C)C(CNC(=O)CCCc1nnc(-c2ccccc2)o1)c1ccc(F)cc1. The predicted molar refractivity (Wildman–Crippen MR) is 109 cm³/mol. The Morgan fingerprint density at radius 3 is 2.52 bits per heavy atom. The summed E-state index contributed by atoms with van der Waals surface area (Å²) < 4.78 is 18.8. The van der Waals surface area contributed by atoms with Crippen molar-refractivity contribution in [2.45, 2.75) is 25.3 Å². The van der Waals surface area contributed by atoms with E-state index in [0.717, 1.165) is 11.1 Å². The maximum atomic E-state index is 13.1. The quantitative estimate of drug-likeness (QED) is 0.598. The average molecular weight is 396 g/mol. The van der Waals surface area contributed by atoms with Gasteiger partial charge in [0.25, 0.3) is 0 Å². The second kappa shape index (κ2) is 9.93. The molecule has 152 valence electrons. The fraction of sp³-hybridized carbons (Fsp3) is 0.318. The number of carbonyl (C=O) groups is 1. The molecule has 29 heavy (non-hydrogen) atoms. The van der Waals surface area contributed by atoms with Crippen molar-refractivity contribution in [3.05, 3.63) is 71.9 Å². The number of aromatic nitrogens is 2. The van der Waals surface area contributed by atoms with E-state index in [1.165, 1.54) is 12.1 Å². The Balaban J connectivity index is 1.45. The van der Waals surface area contributed by atoms with Gasteiger partial charge < -0.3 is 14.6 Å². The fourth-order valence-electron chi connectivity index (χ4n) is 3.03. The molecule has 3 rings (SSSR count). The molecule has 6 nitrogen and oxygen atoms in total. The molecule has 0 aliphatic heterocycles. The molecule has 0 aliphatic carbocycles. The Bertz CT molecular complexity index is 910. The van der Waals surface area contributed by atoms with E-state index in [-0.39, 0.29) is 17.8 Å². The van der Waals surface area contributed by atoms with Gasteiger partial charge in [-0.25, -0.2) is 4.39 Å². The van der Waals surface area contributed by atoms with Gasteiger partial charge in [0.05, 0.1) is 6.04 Å². The molecule has 0 saturated carbocycles. The first kappa shape index (κ1) is 20.7. The lowest BCUT2D eigenvalue weighted by atomic mass is 10.1. The fourth-order valence-corrected chi connectivity index (χ4v) is 3.03. The van der Waals surface area contributed by atoms with Crippen LogP contribution in [0.25, 0.3) is 11.5 Å². The van der Waals surface area contributed by atoms with Crippen LogP contribution in [0, 0.1) is 5.82 Å². The van der Waals surface area contributed by atoms with Crippen LogP contribution in [-0.4, -0.2) is 41.6 Å². The first-order chi connectivity index (χ1) is 14.0. The van der Waals surface area contributed by atoms with E-state index in [2.05, 4.69) is 15.5 Å². The van der Waals surface area contributed by atoms with Crippen molar-refractivity contribution in [2.24, 2.45) is 0 Å². The van der Waals surface area contributed by atoms with Crippen LogP contribution in [0.2, 0.25) is 0 Å². The number of nitrogens with one attached hydrogen (secondary N) is 1. The largest absolute Gasteiger partial charge is 0.421 e. The molecule has 3 aromatic rings. The van der Waals surface area contributed by atoms with Crippen LogP contribution in [0.5, 0.6) is 0 Å². The Morgan fingerprint density at radius 2 is 1.83 bits per heavy atom. The van der Waals surface area contributed by atoms with E-state index in [9.17, 15) is 9.18 Å². The summed E-state index contributed by atoms with van der Waals surface area (Å²) in [6, 6.07) is 15.9. The highest BCUT2D eigenvalue weighted by Gasteiger charge is 2.15. The smallest absolute Gasteiger partial charge is 0.247 e. The third-order valence-electron chi connectivity index (χ3n) is 4.65. The van der Waals surface area contributed by atoms with Crippen LogP contribution in [0.15, 0.2) is 59.0 Å². The molecule has 1 N–H and O–H groups in total. The molecule has 0 saturated heterocycles. The van der Waals surface area contributed by atoms with Gasteiger partial charge in [0.2, 0.25) is 17.7 Å². The Hall–Kier alpha value is -3.06. The number of likely N-dealkylation sites (N-methyl/N-ethyl adjacent to an activating group) is 1. The average Bonchev–Trinajstić information content (AvgIpc) is 3.19. The number of halogens is 1. The summed E-state index contributed by atoms with van der Waals surface area (Å²) >= 11 is 0. The van der Waals surface area contributed by atoms with Crippen molar-refractivity contribution in [3.63, 3.8) is 0 Å². The summed E-state index contributed by atoms with van der Waals surface area (Å²) in [6.45, 7) is 0.455. The number of hydrogen-bond acceptors (Lipinski definition) is 5. The summed E-state index contributed by atoms with van der Waals surface area (Å²) in [6.07, 6.45) is 1.53. The van der Waals surface area contributed by atoms with Gasteiger partial charge in [-0.1, -0.05) is 30.3 Å². The lowest BCUT2D eigenvalue weighted by Gasteiger charge is -2.25. The highest BCUT2D eigenvalue weighted by molar-refractivity contribution is 5.75. The lowest BCUT2D eigenvalue weighted by molar-refractivity contribution is -0.121. The van der Waals surface area contributed by atoms with Gasteiger partial charge in [-0.05, 0) is 50.3 Å². The van der Waals surface area contributed by atoms with Crippen LogP contribution in [0.3, 0.4) is 0 Å². The van der Waals surface area contributed by atoms with Gasteiger partial charge >= 0.3 is 0 Å². The number of benzene rings is 2. The van der Waals surface area contributed by atoms with E-state index in [1.807, 2.05) is 49.3 Å². The van der Waals surface area contributed by atoms with Gasteiger partial charge in [-0.3, -0.25) is 4.79 Å². The molecule has 2 aromatic carbocycles. The molecular weight excluding hydrogens is 371 g/mol. The van der Waals surface area contributed by atoms with Crippen molar-refractivity contribution >= 4 is 5.91 Å². The van der Waals surface area contributed by atoms with E-state index in [4.69, 9.17) is 4.42 Å². The van der Waals surface area contributed by atoms with Crippen LogP contribution in [0.4, 0.5) is 4.39 Å². The second-order valence-electron chi connectivity index (χ2n) is 7.06. The van der Waals surface area contributed by atoms with Crippen LogP contribution >= 0.6 is 0 Å². The van der Waals surface area contributed by atoms with E-state index >= 15 is 0 Å². The highest BCUT2D eigenvalue weighted by Crippen LogP contribution is 2.19. The summed E-state index contributed by atoms with van der Waals surface area (Å²) in [7, 11) is 3.86. The summed E-state index contributed by atoms with van der Waals surface area (Å²) in [4.78, 5) is 14.2.